The van der Waals surface area contributed by atoms with Crippen LogP contribution in [0, 0.1) is 0 Å². The number of nitrogens with zero attached hydrogens (tertiary/aromatic N) is 1. The number of carboxylic acid groups (broad SMARTS) is 1. The lowest BCUT2D eigenvalue weighted by molar-refractivity contribution is -0.150. The lowest BCUT2D eigenvalue weighted by Crippen LogP contribution is -2.42. The Bertz CT molecular complexity index is 422. The van der Waals surface area contributed by atoms with Crippen molar-refractivity contribution < 1.29 is 14.7 Å². The summed E-state index contributed by atoms with van der Waals surface area (Å²) >= 11 is 5.57. The topological polar surface area (TPSA) is 57.6 Å². The van der Waals surface area contributed by atoms with E-state index in [-0.39, 0.29) is 12.3 Å². The Morgan fingerprint density at radius 3 is 2.47 bits per heavy atom. The van der Waals surface area contributed by atoms with Gasteiger partial charge in [0.05, 0.1) is 0 Å². The van der Waals surface area contributed by atoms with Gasteiger partial charge in [-0.1, -0.05) is 30.3 Å². The number of alkyl halides is 1. The Hall–Kier alpha value is -1.55. The molecule has 19 heavy (non-hydrogen) atoms. The van der Waals surface area contributed by atoms with E-state index < -0.39 is 12.0 Å². The van der Waals surface area contributed by atoms with Gasteiger partial charge in [0.15, 0.2) is 0 Å². The molecule has 0 saturated heterocycles. The third-order valence-electron chi connectivity index (χ3n) is 2.87. The normalized spacial score (nSPS) is 11.9. The van der Waals surface area contributed by atoms with Crippen LogP contribution in [0.2, 0.25) is 0 Å². The van der Waals surface area contributed by atoms with E-state index in [1.165, 1.54) is 11.8 Å². The summed E-state index contributed by atoms with van der Waals surface area (Å²) in [6.07, 6.45) is 0.825. The van der Waals surface area contributed by atoms with Gasteiger partial charge in [0, 0.05) is 18.8 Å². The molecule has 0 saturated carbocycles. The summed E-state index contributed by atoms with van der Waals surface area (Å²) in [6.45, 7) is 1.82. The predicted octanol–water partition coefficient (Wildman–Crippen LogP) is 2.51. The van der Waals surface area contributed by atoms with Crippen LogP contribution in [0.1, 0.15) is 25.3 Å². The molecule has 0 radical (unpaired) electrons. The third-order valence-corrected chi connectivity index (χ3v) is 3.13. The highest BCUT2D eigenvalue weighted by atomic mass is 35.5. The van der Waals surface area contributed by atoms with Gasteiger partial charge in [-0.05, 0) is 18.9 Å². The number of hydrogen-bond donors (Lipinski definition) is 1. The molecule has 0 fully saturated rings. The minimum Gasteiger partial charge on any atom is -0.480 e. The molecule has 4 nitrogen and oxygen atoms in total. The van der Waals surface area contributed by atoms with Crippen molar-refractivity contribution >= 4 is 23.5 Å². The Morgan fingerprint density at radius 2 is 1.95 bits per heavy atom. The largest absolute Gasteiger partial charge is 0.480 e. The first-order chi connectivity index (χ1) is 9.06. The molecule has 1 atom stereocenters. The van der Waals surface area contributed by atoms with Crippen LogP contribution in [0.15, 0.2) is 30.3 Å². The average Bonchev–Trinajstić information content (AvgIpc) is 2.42. The van der Waals surface area contributed by atoms with E-state index in [0.29, 0.717) is 18.8 Å². The molecule has 1 N–H and O–H groups in total. The zero-order valence-corrected chi connectivity index (χ0v) is 11.6. The van der Waals surface area contributed by atoms with Gasteiger partial charge in [0.2, 0.25) is 5.91 Å². The van der Waals surface area contributed by atoms with Gasteiger partial charge < -0.3 is 10.0 Å². The summed E-state index contributed by atoms with van der Waals surface area (Å²) in [7, 11) is 0. The fraction of sp³-hybridized carbons (Fsp3) is 0.429. The highest BCUT2D eigenvalue weighted by molar-refractivity contribution is 6.17. The number of carboxylic acids is 1. The average molecular weight is 284 g/mol. The smallest absolute Gasteiger partial charge is 0.326 e. The number of carbonyl (C=O) groups excluding carboxylic acids is 1. The van der Waals surface area contributed by atoms with Crippen LogP contribution in [-0.4, -0.2) is 33.8 Å². The number of benzene rings is 1. The first-order valence-corrected chi connectivity index (χ1v) is 6.72. The number of aliphatic carboxylic acids is 1. The molecule has 5 heteroatoms. The maximum absolute atomic E-state index is 12.1. The molecule has 1 unspecified atom stereocenters. The van der Waals surface area contributed by atoms with Gasteiger partial charge in [0.25, 0.3) is 0 Å². The van der Waals surface area contributed by atoms with Crippen molar-refractivity contribution in [1.29, 1.82) is 0 Å². The molecule has 0 spiro atoms. The fourth-order valence-corrected chi connectivity index (χ4v) is 1.85. The van der Waals surface area contributed by atoms with E-state index >= 15 is 0 Å². The molecule has 1 rings (SSSR count). The number of rotatable bonds is 7. The Morgan fingerprint density at radius 1 is 1.32 bits per heavy atom. The van der Waals surface area contributed by atoms with Crippen molar-refractivity contribution in [2.75, 3.05) is 5.88 Å². The van der Waals surface area contributed by atoms with E-state index in [1.54, 1.807) is 0 Å². The second kappa shape index (κ2) is 7.79. The second-order valence-electron chi connectivity index (χ2n) is 4.31. The molecule has 104 valence electrons. The van der Waals surface area contributed by atoms with Crippen molar-refractivity contribution in [2.45, 2.75) is 32.4 Å². The standard InChI is InChI=1S/C14H18ClNO3/c1-11(14(18)19)16(13(17)8-5-9-15)10-12-6-3-2-4-7-12/h2-4,6-7,11H,5,8-10H2,1H3,(H,18,19). The summed E-state index contributed by atoms with van der Waals surface area (Å²) in [5.74, 6) is -0.790. The molecule has 0 aliphatic heterocycles. The first-order valence-electron chi connectivity index (χ1n) is 6.18. The molecule has 1 amide bonds. The predicted molar refractivity (Wildman–Crippen MR) is 74.0 cm³/mol. The van der Waals surface area contributed by atoms with Gasteiger partial charge in [0.1, 0.15) is 6.04 Å². The first kappa shape index (κ1) is 15.5. The molecular formula is C14H18ClNO3. The van der Waals surface area contributed by atoms with Crippen LogP contribution in [0.3, 0.4) is 0 Å². The van der Waals surface area contributed by atoms with Gasteiger partial charge in [-0.25, -0.2) is 4.79 Å². The van der Waals surface area contributed by atoms with Gasteiger partial charge in [-0.2, -0.15) is 0 Å². The van der Waals surface area contributed by atoms with Crippen molar-refractivity contribution in [3.8, 4) is 0 Å². The van der Waals surface area contributed by atoms with E-state index in [4.69, 9.17) is 16.7 Å². The Kier molecular flexibility index (Phi) is 6.36. The van der Waals surface area contributed by atoms with Crippen molar-refractivity contribution in [1.82, 2.24) is 4.90 Å². The number of carbonyl (C=O) groups is 2. The van der Waals surface area contributed by atoms with Crippen LogP contribution in [-0.2, 0) is 16.1 Å². The molecular weight excluding hydrogens is 266 g/mol. The summed E-state index contributed by atoms with van der Waals surface area (Å²) in [5.41, 5.74) is 0.912. The van der Waals surface area contributed by atoms with E-state index in [0.717, 1.165) is 5.56 Å². The van der Waals surface area contributed by atoms with Crippen LogP contribution in [0.25, 0.3) is 0 Å². The lowest BCUT2D eigenvalue weighted by Gasteiger charge is -2.26. The minimum absolute atomic E-state index is 0.181. The van der Waals surface area contributed by atoms with Gasteiger partial charge in [-0.3, -0.25) is 4.79 Å². The van der Waals surface area contributed by atoms with Crippen LogP contribution < -0.4 is 0 Å². The zero-order valence-electron chi connectivity index (χ0n) is 10.9. The van der Waals surface area contributed by atoms with E-state index in [1.807, 2.05) is 30.3 Å². The number of hydrogen-bond acceptors (Lipinski definition) is 2. The molecule has 1 aromatic rings. The highest BCUT2D eigenvalue weighted by Crippen LogP contribution is 2.11. The summed E-state index contributed by atoms with van der Waals surface area (Å²) < 4.78 is 0. The second-order valence-corrected chi connectivity index (χ2v) is 4.69. The summed E-state index contributed by atoms with van der Waals surface area (Å²) in [6, 6.07) is 8.50. The summed E-state index contributed by atoms with van der Waals surface area (Å²) in [5, 5.41) is 9.08. The lowest BCUT2D eigenvalue weighted by atomic mass is 10.1. The highest BCUT2D eigenvalue weighted by Gasteiger charge is 2.25. The van der Waals surface area contributed by atoms with Crippen LogP contribution in [0.5, 0.6) is 0 Å². The van der Waals surface area contributed by atoms with Crippen molar-refractivity contribution in [3.05, 3.63) is 35.9 Å². The van der Waals surface area contributed by atoms with Crippen molar-refractivity contribution in [2.24, 2.45) is 0 Å². The third kappa shape index (κ3) is 4.91. The Labute approximate surface area is 118 Å². The molecule has 0 bridgehead atoms. The fourth-order valence-electron chi connectivity index (χ4n) is 1.72. The van der Waals surface area contributed by atoms with Crippen LogP contribution >= 0.6 is 11.6 Å². The van der Waals surface area contributed by atoms with Crippen LogP contribution in [0.4, 0.5) is 0 Å². The molecule has 0 heterocycles. The minimum atomic E-state index is -1.00. The monoisotopic (exact) mass is 283 g/mol. The van der Waals surface area contributed by atoms with E-state index in [9.17, 15) is 9.59 Å². The number of halogens is 1. The number of amides is 1. The quantitative estimate of drug-likeness (QED) is 0.782. The summed E-state index contributed by atoms with van der Waals surface area (Å²) in [4.78, 5) is 24.5. The zero-order chi connectivity index (χ0) is 14.3. The molecule has 0 aromatic heterocycles. The molecule has 0 aliphatic carbocycles. The maximum Gasteiger partial charge on any atom is 0.326 e. The van der Waals surface area contributed by atoms with Crippen molar-refractivity contribution in [3.63, 3.8) is 0 Å². The van der Waals surface area contributed by atoms with Gasteiger partial charge >= 0.3 is 5.97 Å². The van der Waals surface area contributed by atoms with E-state index in [2.05, 4.69) is 0 Å². The Balaban J connectivity index is 2.80. The molecule has 1 aromatic carbocycles. The maximum atomic E-state index is 12.1. The van der Waals surface area contributed by atoms with Gasteiger partial charge in [-0.15, -0.1) is 11.6 Å². The molecule has 0 aliphatic rings. The SMILES string of the molecule is CC(C(=O)O)N(Cc1ccccc1)C(=O)CCCCl.